The number of halogens is 1. The molecule has 2 N–H and O–H groups in total. The van der Waals surface area contributed by atoms with Crippen molar-refractivity contribution in [2.45, 2.75) is 74.9 Å². The van der Waals surface area contributed by atoms with Crippen molar-refractivity contribution >= 4 is 28.5 Å². The van der Waals surface area contributed by atoms with Crippen molar-refractivity contribution in [3.8, 4) is 23.1 Å². The largest absolute Gasteiger partial charge is 0.508 e. The van der Waals surface area contributed by atoms with Crippen molar-refractivity contribution in [3.05, 3.63) is 28.9 Å². The smallest absolute Gasteiger partial charge is 0.320 e. The third-order valence-electron chi connectivity index (χ3n) is 9.55. The van der Waals surface area contributed by atoms with E-state index in [0.717, 1.165) is 61.4 Å². The van der Waals surface area contributed by atoms with Gasteiger partial charge in [-0.15, -0.1) is 0 Å². The Balaban J connectivity index is 1.21. The van der Waals surface area contributed by atoms with Crippen molar-refractivity contribution < 1.29 is 9.84 Å². The van der Waals surface area contributed by atoms with Gasteiger partial charge in [-0.1, -0.05) is 11.6 Å². The van der Waals surface area contributed by atoms with E-state index in [1.54, 1.807) is 12.1 Å². The number of fused-ring (bicyclic) bond motifs is 4. The summed E-state index contributed by atoms with van der Waals surface area (Å²) in [5.74, 6) is 1.87. The lowest BCUT2D eigenvalue weighted by Crippen LogP contribution is -2.51. The van der Waals surface area contributed by atoms with Crippen LogP contribution in [-0.4, -0.2) is 80.4 Å². The highest BCUT2D eigenvalue weighted by atomic mass is 35.5. The highest BCUT2D eigenvalue weighted by Crippen LogP contribution is 2.48. The fourth-order valence-electron chi connectivity index (χ4n) is 7.52. The second-order valence-electron chi connectivity index (χ2n) is 12.2. The van der Waals surface area contributed by atoms with E-state index in [2.05, 4.69) is 15.1 Å². The van der Waals surface area contributed by atoms with Crippen molar-refractivity contribution in [2.75, 3.05) is 37.7 Å². The van der Waals surface area contributed by atoms with Gasteiger partial charge in [0.1, 0.15) is 18.2 Å². The molecule has 2 bridgehead atoms. The fraction of sp³-hybridized carbons (Fsp3) is 0.586. The summed E-state index contributed by atoms with van der Waals surface area (Å²) in [6.07, 6.45) is 11.2. The molecule has 0 amide bonds. The van der Waals surface area contributed by atoms with Gasteiger partial charge in [0.15, 0.2) is 11.5 Å². The fourth-order valence-corrected chi connectivity index (χ4v) is 7.89. The maximum Gasteiger partial charge on any atom is 0.320 e. The first-order chi connectivity index (χ1) is 19.0. The summed E-state index contributed by atoms with van der Waals surface area (Å²) in [5, 5.41) is 15.5. The molecule has 6 heterocycles. The molecule has 0 spiro atoms. The molecule has 2 aromatic heterocycles. The average molecular weight is 548 g/mol. The Labute approximate surface area is 233 Å². The zero-order chi connectivity index (χ0) is 26.1. The summed E-state index contributed by atoms with van der Waals surface area (Å²) in [6, 6.07) is 4.66. The molecule has 2 unspecified atom stereocenters. The van der Waals surface area contributed by atoms with Gasteiger partial charge < -0.3 is 20.1 Å². The van der Waals surface area contributed by atoms with E-state index in [1.807, 2.05) is 6.20 Å². The summed E-state index contributed by atoms with van der Waals surface area (Å²) in [4.78, 5) is 24.5. The van der Waals surface area contributed by atoms with Crippen LogP contribution in [0, 0.1) is 0 Å². The molecule has 0 radical (unpaired) electrons. The molecule has 4 saturated heterocycles. The minimum Gasteiger partial charge on any atom is -0.508 e. The third-order valence-corrected chi connectivity index (χ3v) is 9.86. The van der Waals surface area contributed by atoms with E-state index in [0.29, 0.717) is 47.1 Å². The van der Waals surface area contributed by atoms with Gasteiger partial charge >= 0.3 is 6.01 Å². The van der Waals surface area contributed by atoms with Crippen LogP contribution < -0.4 is 15.0 Å². The lowest BCUT2D eigenvalue weighted by Gasteiger charge is -2.34. The van der Waals surface area contributed by atoms with Crippen molar-refractivity contribution in [2.24, 2.45) is 0 Å². The number of aromatic hydroxyl groups is 1. The van der Waals surface area contributed by atoms with Crippen molar-refractivity contribution in [1.29, 1.82) is 0 Å². The maximum absolute atomic E-state index is 10.4. The molecule has 1 aromatic carbocycles. The number of hydrogen-bond acceptors (Lipinski definition) is 9. The minimum absolute atomic E-state index is 0.112. The van der Waals surface area contributed by atoms with E-state index >= 15 is 0 Å². The van der Waals surface area contributed by atoms with Crippen LogP contribution in [0.3, 0.4) is 0 Å². The van der Waals surface area contributed by atoms with Gasteiger partial charge in [0.05, 0.1) is 10.9 Å². The number of benzene rings is 1. The van der Waals surface area contributed by atoms with Crippen LogP contribution in [0.2, 0.25) is 5.02 Å². The van der Waals surface area contributed by atoms with Crippen LogP contribution in [0.1, 0.15) is 62.8 Å². The van der Waals surface area contributed by atoms with Gasteiger partial charge in [0, 0.05) is 42.0 Å². The lowest BCUT2D eigenvalue weighted by molar-refractivity contribution is 0.108. The normalized spacial score (nSPS) is 25.9. The molecule has 204 valence electrons. The van der Waals surface area contributed by atoms with E-state index in [1.165, 1.54) is 38.5 Å². The van der Waals surface area contributed by atoms with Gasteiger partial charge in [-0.3, -0.25) is 4.90 Å². The molecular formula is C29H34ClN7O2. The zero-order valence-corrected chi connectivity index (χ0v) is 22.8. The lowest BCUT2D eigenvalue weighted by atomic mass is 9.95. The number of anilines is 1. The van der Waals surface area contributed by atoms with E-state index in [-0.39, 0.29) is 11.3 Å². The zero-order valence-electron chi connectivity index (χ0n) is 22.1. The Kier molecular flexibility index (Phi) is 5.65. The molecule has 2 atom stereocenters. The van der Waals surface area contributed by atoms with Crippen LogP contribution in [0.25, 0.3) is 22.4 Å². The average Bonchev–Trinajstić information content (AvgIpc) is 3.42. The first-order valence-electron chi connectivity index (χ1n) is 14.5. The van der Waals surface area contributed by atoms with Crippen LogP contribution in [0.5, 0.6) is 11.8 Å². The molecule has 5 fully saturated rings. The first kappa shape index (κ1) is 24.1. The molecular weight excluding hydrogens is 514 g/mol. The predicted octanol–water partition coefficient (Wildman–Crippen LogP) is 4.27. The van der Waals surface area contributed by atoms with Gasteiger partial charge in [-0.2, -0.15) is 9.97 Å². The Bertz CT molecular complexity index is 1420. The third kappa shape index (κ3) is 4.21. The topological polar surface area (TPSA) is 99.5 Å². The standard InChI is InChI=1S/C29H34ClN7O2/c30-23-12-20(38)11-21(24(23)17-3-4-17)25-31-13-22-26(33-25)34-28(39-16-29-7-1-9-37(29)10-2-8-29)35-27(22)36-14-18-5-6-19(15-36)32-18/h11-13,17-19,32,38H,1-10,14-16H2. The number of piperazine rings is 1. The van der Waals surface area contributed by atoms with Gasteiger partial charge in [-0.05, 0) is 88.1 Å². The molecule has 9 nitrogen and oxygen atoms in total. The predicted molar refractivity (Wildman–Crippen MR) is 150 cm³/mol. The van der Waals surface area contributed by atoms with Crippen LogP contribution in [-0.2, 0) is 0 Å². The van der Waals surface area contributed by atoms with Crippen LogP contribution in [0.4, 0.5) is 5.82 Å². The van der Waals surface area contributed by atoms with E-state index in [9.17, 15) is 5.11 Å². The number of aromatic nitrogens is 4. The summed E-state index contributed by atoms with van der Waals surface area (Å²) < 4.78 is 6.43. The number of ether oxygens (including phenoxy) is 1. The second kappa shape index (κ2) is 9.14. The number of hydrogen-bond donors (Lipinski definition) is 2. The van der Waals surface area contributed by atoms with Crippen LogP contribution >= 0.6 is 11.6 Å². The number of nitrogens with zero attached hydrogens (tertiary/aromatic N) is 6. The summed E-state index contributed by atoms with van der Waals surface area (Å²) in [5.41, 5.74) is 2.47. The Morgan fingerprint density at radius 3 is 2.54 bits per heavy atom. The summed E-state index contributed by atoms with van der Waals surface area (Å²) >= 11 is 6.59. The highest BCUT2D eigenvalue weighted by molar-refractivity contribution is 6.32. The van der Waals surface area contributed by atoms with Gasteiger partial charge in [0.2, 0.25) is 0 Å². The second-order valence-corrected chi connectivity index (χ2v) is 12.6. The molecule has 8 rings (SSSR count). The summed E-state index contributed by atoms with van der Waals surface area (Å²) in [6.45, 7) is 4.72. The molecule has 39 heavy (non-hydrogen) atoms. The molecule has 4 aliphatic heterocycles. The number of rotatable bonds is 6. The quantitative estimate of drug-likeness (QED) is 0.468. The molecule has 10 heteroatoms. The first-order valence-corrected chi connectivity index (χ1v) is 14.9. The number of phenolic OH excluding ortho intramolecular Hbond substituents is 1. The van der Waals surface area contributed by atoms with Gasteiger partial charge in [-0.25, -0.2) is 9.97 Å². The van der Waals surface area contributed by atoms with Crippen LogP contribution in [0.15, 0.2) is 18.3 Å². The van der Waals surface area contributed by atoms with Gasteiger partial charge in [0.25, 0.3) is 0 Å². The molecule has 3 aromatic rings. The Morgan fingerprint density at radius 1 is 1.03 bits per heavy atom. The van der Waals surface area contributed by atoms with Crippen molar-refractivity contribution in [3.63, 3.8) is 0 Å². The SMILES string of the molecule is Oc1cc(Cl)c(C2CC2)c(-c2ncc3c(N4CC5CCC(C4)N5)nc(OCC45CCCN4CCC5)nc3n2)c1. The van der Waals surface area contributed by atoms with E-state index in [4.69, 9.17) is 36.3 Å². The van der Waals surface area contributed by atoms with E-state index < -0.39 is 0 Å². The number of phenols is 1. The molecule has 1 aliphatic carbocycles. The maximum atomic E-state index is 10.4. The minimum atomic E-state index is 0.112. The monoisotopic (exact) mass is 547 g/mol. The van der Waals surface area contributed by atoms with Crippen molar-refractivity contribution in [1.82, 2.24) is 30.2 Å². The highest BCUT2D eigenvalue weighted by Gasteiger charge is 2.45. The summed E-state index contributed by atoms with van der Waals surface area (Å²) in [7, 11) is 0. The molecule has 5 aliphatic rings. The molecule has 1 saturated carbocycles. The number of nitrogens with one attached hydrogen (secondary N) is 1. The Morgan fingerprint density at radius 2 is 1.79 bits per heavy atom. The Hall–Kier alpha value is -2.75.